The van der Waals surface area contributed by atoms with Gasteiger partial charge in [-0.25, -0.2) is 28.8 Å². The molecule has 0 atom stereocenters. The minimum Gasteiger partial charge on any atom is -0.491 e. The largest absolute Gasteiger partial charge is 0.491 e. The number of ether oxygens (including phenoxy) is 12. The van der Waals surface area contributed by atoms with Gasteiger partial charge < -0.3 is 115 Å². The van der Waals surface area contributed by atoms with Crippen molar-refractivity contribution in [2.75, 3.05) is 159 Å². The van der Waals surface area contributed by atoms with Gasteiger partial charge in [0.05, 0.1) is 152 Å². The summed E-state index contributed by atoms with van der Waals surface area (Å²) in [4.78, 5) is 68.6. The van der Waals surface area contributed by atoms with Gasteiger partial charge in [-0.15, -0.1) is 13.5 Å². The molecule has 0 bridgehead atoms. The maximum atomic E-state index is 11.4. The molecule has 1 aliphatic heterocycles. The fraction of sp³-hybridized carbons (Fsp3) is 0.364. The van der Waals surface area contributed by atoms with Crippen LogP contribution in [0.15, 0.2) is 159 Å². The first-order valence-electron chi connectivity index (χ1n) is 31.4. The Balaban J connectivity index is 1.17. The molecule has 552 valence electrons. The van der Waals surface area contributed by atoms with Gasteiger partial charge in [0.2, 0.25) is 0 Å². The Morgan fingerprint density at radius 1 is 0.206 bits per heavy atom. The van der Waals surface area contributed by atoms with E-state index in [-0.39, 0.29) is 192 Å². The second kappa shape index (κ2) is 43.8. The molecule has 33 nitrogen and oxygen atoms in total. The van der Waals surface area contributed by atoms with Gasteiger partial charge in [-0.05, 0) is 146 Å². The molecule has 0 saturated carbocycles. The highest BCUT2D eigenvalue weighted by Gasteiger charge is 2.43. The van der Waals surface area contributed by atoms with Gasteiger partial charge in [0.15, 0.2) is 0 Å². The molecule has 6 aromatic rings. The van der Waals surface area contributed by atoms with Crippen LogP contribution in [0, 0.1) is 0 Å². The molecule has 0 spiro atoms. The monoisotopic (exact) mass is 1490 g/mol. The number of aromatic carboxylic acids is 6. The maximum absolute atomic E-state index is 11.4. The Bertz CT molecular complexity index is 3130. The summed E-state index contributed by atoms with van der Waals surface area (Å²) in [7, 11) is -12.8. The predicted molar refractivity (Wildman–Crippen MR) is 362 cm³/mol. The van der Waals surface area contributed by atoms with E-state index in [1.165, 1.54) is 146 Å². The fourth-order valence-corrected chi connectivity index (χ4v) is 17.7. The molecule has 0 aromatic heterocycles. The zero-order valence-corrected chi connectivity index (χ0v) is 57.7. The Morgan fingerprint density at radius 2 is 0.333 bits per heavy atom. The van der Waals surface area contributed by atoms with Gasteiger partial charge in [0.1, 0.15) is 74.1 Å². The van der Waals surface area contributed by atoms with Gasteiger partial charge in [-0.3, -0.25) is 0 Å². The van der Waals surface area contributed by atoms with E-state index in [1.807, 2.05) is 0 Å². The van der Waals surface area contributed by atoms with E-state index >= 15 is 0 Å². The number of nitrogens with zero attached hydrogens (tertiary/aromatic N) is 3. The fourth-order valence-electron chi connectivity index (χ4n) is 8.28. The average Bonchev–Trinajstić information content (AvgIpc) is 0.746. The quantitative estimate of drug-likeness (QED) is 0.0153. The third-order valence-corrected chi connectivity index (χ3v) is 21.7. The van der Waals surface area contributed by atoms with Crippen LogP contribution < -0.4 is 28.4 Å². The van der Waals surface area contributed by atoms with Crippen LogP contribution in [0.25, 0.3) is 0 Å². The number of carboxylic acid groups (broad SMARTS) is 6. The summed E-state index contributed by atoms with van der Waals surface area (Å²) in [6.07, 6.45) is 0. The van der Waals surface area contributed by atoms with E-state index in [4.69, 9.17) is 97.5 Å². The molecule has 6 N–H and O–H groups in total. The van der Waals surface area contributed by atoms with Crippen LogP contribution in [0.1, 0.15) is 62.1 Å². The summed E-state index contributed by atoms with van der Waals surface area (Å²) in [5.74, 6) is -4.23. The lowest BCUT2D eigenvalue weighted by Gasteiger charge is -2.33. The minimum absolute atomic E-state index is 0.0278. The van der Waals surface area contributed by atoms with E-state index in [9.17, 15) is 59.4 Å². The minimum atomic E-state index is -4.26. The van der Waals surface area contributed by atoms with Crippen LogP contribution in [0.3, 0.4) is 0 Å². The first-order chi connectivity index (χ1) is 49.4. The van der Waals surface area contributed by atoms with Gasteiger partial charge in [-0.1, -0.05) is 0 Å². The Kier molecular flexibility index (Phi) is 34.6. The average molecular weight is 1490 g/mol. The van der Waals surface area contributed by atoms with Crippen LogP contribution in [0.4, 0.5) is 0 Å². The van der Waals surface area contributed by atoms with Crippen LogP contribution >= 0.6 is 23.0 Å². The lowest BCUT2D eigenvalue weighted by molar-refractivity contribution is 0.0574. The standard InChI is InChI=1S/C66H78N3O30P3/c70-61(71)49-1-13-55(14-2-49)88-37-25-82-31-43-94-100(95-44-32-83-26-38-89-56-15-3-50(4-16-56)62(72)73)67-101(96-45-33-84-27-39-90-57-17-5-51(6-18-57)63(74)75,97-46-34-85-28-40-91-58-19-7-52(8-20-58)64(76)77)69-102(68-100,98-47-35-86-29-41-92-59-21-9-53(10-22-59)65(78)79)99-48-36-87-30-42-93-60-23-11-54(12-24-60)66(80)81/h1-24H,25-48H2,(H,70,71)(H,72,73)(H,74,75)(H,76,77)(H,78,79)(H,80,81). The zero-order chi connectivity index (χ0) is 72.7. The summed E-state index contributed by atoms with van der Waals surface area (Å²) in [5.41, 5.74) is 0.448. The van der Waals surface area contributed by atoms with Crippen molar-refractivity contribution < 1.29 is 143 Å². The highest BCUT2D eigenvalue weighted by molar-refractivity contribution is 7.78. The van der Waals surface area contributed by atoms with Crippen molar-refractivity contribution in [2.45, 2.75) is 0 Å². The van der Waals surface area contributed by atoms with Crippen molar-refractivity contribution in [3.05, 3.63) is 179 Å². The molecule has 0 aliphatic carbocycles. The molecule has 0 amide bonds. The van der Waals surface area contributed by atoms with Crippen molar-refractivity contribution in [3.8, 4) is 34.5 Å². The summed E-state index contributed by atoms with van der Waals surface area (Å²) in [6, 6.07) is 34.9. The van der Waals surface area contributed by atoms with Gasteiger partial charge >= 0.3 is 58.8 Å². The second-order valence-electron chi connectivity index (χ2n) is 20.5. The smallest absolute Gasteiger partial charge is 0.349 e. The first-order valence-corrected chi connectivity index (χ1v) is 36.0. The molecule has 7 rings (SSSR count). The third-order valence-electron chi connectivity index (χ3n) is 13.2. The highest BCUT2D eigenvalue weighted by Crippen LogP contribution is 2.80. The van der Waals surface area contributed by atoms with Crippen molar-refractivity contribution >= 4 is 58.8 Å². The van der Waals surface area contributed by atoms with Gasteiger partial charge in [0.25, 0.3) is 0 Å². The number of hydrogen-bond acceptors (Lipinski definition) is 27. The molecular formula is C66H78N3O30P3. The normalized spacial score (nSPS) is 13.3. The summed E-state index contributed by atoms with van der Waals surface area (Å²) < 4.78 is 125. The van der Waals surface area contributed by atoms with Gasteiger partial charge in [0, 0.05) is 0 Å². The molecule has 1 aliphatic rings. The molecule has 0 radical (unpaired) electrons. The van der Waals surface area contributed by atoms with Gasteiger partial charge in [-0.2, -0.15) is 0 Å². The van der Waals surface area contributed by atoms with E-state index in [1.54, 1.807) is 0 Å². The Morgan fingerprint density at radius 3 is 0.461 bits per heavy atom. The topological polar surface area (TPSA) is 427 Å². The van der Waals surface area contributed by atoms with Crippen molar-refractivity contribution in [3.63, 3.8) is 0 Å². The molecule has 0 saturated heterocycles. The van der Waals surface area contributed by atoms with Crippen LogP contribution in [-0.4, -0.2) is 225 Å². The van der Waals surface area contributed by atoms with Crippen molar-refractivity contribution in [1.82, 2.24) is 0 Å². The molecular weight excluding hydrogens is 1410 g/mol. The number of rotatable bonds is 54. The summed E-state index contributed by atoms with van der Waals surface area (Å²) in [5, 5.41) is 56.1. The zero-order valence-electron chi connectivity index (χ0n) is 55.0. The Labute approximate surface area is 585 Å². The van der Waals surface area contributed by atoms with E-state index < -0.39 is 58.8 Å². The second-order valence-corrected chi connectivity index (χ2v) is 27.1. The maximum Gasteiger partial charge on any atom is 0.349 e. The number of hydrogen-bond donors (Lipinski definition) is 6. The lowest BCUT2D eigenvalue weighted by atomic mass is 10.2. The van der Waals surface area contributed by atoms with E-state index in [0.717, 1.165) is 0 Å². The van der Waals surface area contributed by atoms with Crippen molar-refractivity contribution in [1.29, 1.82) is 0 Å². The van der Waals surface area contributed by atoms with Crippen LogP contribution in [0.5, 0.6) is 34.5 Å². The number of carbonyl (C=O) groups is 6. The van der Waals surface area contributed by atoms with Crippen LogP contribution in [-0.2, 0) is 55.6 Å². The number of carboxylic acids is 6. The summed E-state index contributed by atoms with van der Waals surface area (Å²) >= 11 is 0. The molecule has 0 fully saturated rings. The highest BCUT2D eigenvalue weighted by atomic mass is 31.3. The molecule has 6 aromatic carbocycles. The molecule has 36 heteroatoms. The third kappa shape index (κ3) is 29.2. The molecule has 1 heterocycles. The first kappa shape index (κ1) is 80.5. The lowest BCUT2D eigenvalue weighted by Crippen LogP contribution is -2.16. The SMILES string of the molecule is O=C(O)c1ccc(OCCOCCOP2(OCCOCCOc3ccc(C(=O)O)cc3)=NP(OCCOCCOc3ccc(C(=O)O)cc3)(OCCOCCOc3ccc(C(=O)O)cc3)=NP(OCCOCCOc3ccc(C(=O)O)cc3)(OCCOCCOc3ccc(C(=O)O)cc3)=N2)cc1. The van der Waals surface area contributed by atoms with E-state index in [2.05, 4.69) is 0 Å². The van der Waals surface area contributed by atoms with Crippen LogP contribution in [0.2, 0.25) is 0 Å². The van der Waals surface area contributed by atoms with E-state index in [0.29, 0.717) is 34.5 Å². The summed E-state index contributed by atoms with van der Waals surface area (Å²) in [6.45, 7) is -1.86. The molecule has 0 unspecified atom stereocenters. The van der Waals surface area contributed by atoms with Crippen molar-refractivity contribution in [2.24, 2.45) is 13.5 Å². The predicted octanol–water partition coefficient (Wildman–Crippen LogP) is 10.7. The number of benzene rings is 6. The Hall–Kier alpha value is -8.85. The molecule has 102 heavy (non-hydrogen) atoms.